The molecule has 108 valence electrons. The van der Waals surface area contributed by atoms with Crippen LogP contribution in [0.3, 0.4) is 0 Å². The number of aliphatic hydroxyl groups is 1. The lowest BCUT2D eigenvalue weighted by Gasteiger charge is -2.01. The van der Waals surface area contributed by atoms with Gasteiger partial charge in [-0.25, -0.2) is 0 Å². The fourth-order valence-corrected chi connectivity index (χ4v) is 2.22. The predicted octanol–water partition coefficient (Wildman–Crippen LogP) is 5.62. The van der Waals surface area contributed by atoms with E-state index in [0.717, 1.165) is 6.42 Å². The van der Waals surface area contributed by atoms with Gasteiger partial charge in [-0.15, -0.1) is 0 Å². The molecule has 0 bridgehead atoms. The van der Waals surface area contributed by atoms with Crippen LogP contribution in [0.15, 0.2) is 12.2 Å². The molecular weight excluding hydrogens is 220 g/mol. The van der Waals surface area contributed by atoms with Crippen LogP contribution >= 0.6 is 0 Å². The minimum atomic E-state index is -0.280. The van der Waals surface area contributed by atoms with E-state index in [2.05, 4.69) is 13.0 Å². The molecule has 0 aliphatic heterocycles. The summed E-state index contributed by atoms with van der Waals surface area (Å²) in [6, 6.07) is 0. The molecule has 0 amide bonds. The average Bonchev–Trinajstić information content (AvgIpc) is 2.34. The predicted molar refractivity (Wildman–Crippen MR) is 81.9 cm³/mol. The largest absolute Gasteiger partial charge is 0.389 e. The first-order valence-electron chi connectivity index (χ1n) is 8.12. The third-order valence-corrected chi connectivity index (χ3v) is 3.39. The molecule has 0 heterocycles. The molecule has 18 heavy (non-hydrogen) atoms. The molecule has 1 unspecified atom stereocenters. The first-order valence-corrected chi connectivity index (χ1v) is 8.12. The highest BCUT2D eigenvalue weighted by Gasteiger charge is 1.92. The summed E-state index contributed by atoms with van der Waals surface area (Å²) in [4.78, 5) is 0. The molecule has 0 saturated carbocycles. The molecule has 1 N–H and O–H groups in total. The zero-order valence-corrected chi connectivity index (χ0v) is 12.7. The van der Waals surface area contributed by atoms with E-state index >= 15 is 0 Å². The summed E-state index contributed by atoms with van der Waals surface area (Å²) in [6.07, 6.45) is 20.2. The minimum absolute atomic E-state index is 0.280. The third-order valence-electron chi connectivity index (χ3n) is 3.39. The molecule has 0 radical (unpaired) electrons. The Hall–Kier alpha value is -0.300. The number of unbranched alkanes of at least 4 members (excludes halogenated alkanes) is 11. The zero-order chi connectivity index (χ0) is 13.5. The van der Waals surface area contributed by atoms with Crippen molar-refractivity contribution in [2.24, 2.45) is 0 Å². The Labute approximate surface area is 115 Å². The van der Waals surface area contributed by atoms with E-state index in [1.54, 1.807) is 6.92 Å². The van der Waals surface area contributed by atoms with E-state index in [1.807, 2.05) is 6.08 Å². The molecule has 0 spiro atoms. The van der Waals surface area contributed by atoms with Gasteiger partial charge < -0.3 is 5.11 Å². The van der Waals surface area contributed by atoms with Crippen molar-refractivity contribution in [1.82, 2.24) is 0 Å². The lowest BCUT2D eigenvalue weighted by Crippen LogP contribution is -1.91. The second kappa shape index (κ2) is 14.8. The first-order chi connectivity index (χ1) is 8.77. The number of hydrogen-bond acceptors (Lipinski definition) is 1. The van der Waals surface area contributed by atoms with Gasteiger partial charge in [-0.2, -0.15) is 0 Å². The maximum Gasteiger partial charge on any atom is 0.0692 e. The van der Waals surface area contributed by atoms with Gasteiger partial charge in [-0.1, -0.05) is 83.3 Å². The van der Waals surface area contributed by atoms with E-state index < -0.39 is 0 Å². The highest BCUT2D eigenvalue weighted by Crippen LogP contribution is 2.11. The van der Waals surface area contributed by atoms with Gasteiger partial charge in [0, 0.05) is 0 Å². The van der Waals surface area contributed by atoms with Crippen LogP contribution in [0.1, 0.15) is 90.9 Å². The summed E-state index contributed by atoms with van der Waals surface area (Å²) in [6.45, 7) is 4.08. The maximum absolute atomic E-state index is 9.04. The Balaban J connectivity index is 2.99. The zero-order valence-electron chi connectivity index (χ0n) is 12.7. The second-order valence-corrected chi connectivity index (χ2v) is 5.49. The minimum Gasteiger partial charge on any atom is -0.389 e. The van der Waals surface area contributed by atoms with E-state index in [1.165, 1.54) is 70.6 Å². The summed E-state index contributed by atoms with van der Waals surface area (Å²) in [5, 5.41) is 9.04. The van der Waals surface area contributed by atoms with Crippen molar-refractivity contribution in [2.75, 3.05) is 0 Å². The molecule has 1 heteroatoms. The molecule has 1 atom stereocenters. The molecule has 0 saturated heterocycles. The fourth-order valence-electron chi connectivity index (χ4n) is 2.22. The molecule has 0 fully saturated rings. The molecule has 0 aliphatic rings. The van der Waals surface area contributed by atoms with Crippen LogP contribution in [-0.4, -0.2) is 11.2 Å². The van der Waals surface area contributed by atoms with E-state index in [4.69, 9.17) is 5.11 Å². The van der Waals surface area contributed by atoms with Crippen molar-refractivity contribution in [3.8, 4) is 0 Å². The van der Waals surface area contributed by atoms with Crippen molar-refractivity contribution < 1.29 is 5.11 Å². The van der Waals surface area contributed by atoms with Crippen molar-refractivity contribution in [1.29, 1.82) is 0 Å². The number of hydrogen-bond donors (Lipinski definition) is 1. The maximum atomic E-state index is 9.04. The third kappa shape index (κ3) is 15.7. The summed E-state index contributed by atoms with van der Waals surface area (Å²) in [5.41, 5.74) is 0. The Kier molecular flexibility index (Phi) is 14.5. The average molecular weight is 254 g/mol. The lowest BCUT2D eigenvalue weighted by molar-refractivity contribution is 0.244. The van der Waals surface area contributed by atoms with Crippen molar-refractivity contribution in [2.45, 2.75) is 97.0 Å². The van der Waals surface area contributed by atoms with Crippen LogP contribution in [0.2, 0.25) is 0 Å². The molecule has 0 aromatic rings. The number of rotatable bonds is 13. The molecule has 0 rings (SSSR count). The van der Waals surface area contributed by atoms with Gasteiger partial charge in [0.25, 0.3) is 0 Å². The molecule has 1 nitrogen and oxygen atoms in total. The van der Waals surface area contributed by atoms with Gasteiger partial charge in [-0.05, 0) is 19.8 Å². The van der Waals surface area contributed by atoms with Gasteiger partial charge in [0.15, 0.2) is 0 Å². The summed E-state index contributed by atoms with van der Waals surface area (Å²) in [5.74, 6) is 0. The van der Waals surface area contributed by atoms with Crippen LogP contribution in [0, 0.1) is 0 Å². The molecule has 0 aliphatic carbocycles. The van der Waals surface area contributed by atoms with Crippen molar-refractivity contribution >= 4 is 0 Å². The standard InChI is InChI=1S/C17H34O/c1-3-4-5-6-7-8-9-10-11-12-13-14-15-16-17(2)18/h15-18H,3-14H2,1-2H3. The summed E-state index contributed by atoms with van der Waals surface area (Å²) >= 11 is 0. The first kappa shape index (κ1) is 17.7. The number of aliphatic hydroxyl groups excluding tert-OH is 1. The SMILES string of the molecule is CCCCCCCCCCCCCC=CC(C)O. The topological polar surface area (TPSA) is 20.2 Å². The summed E-state index contributed by atoms with van der Waals surface area (Å²) < 4.78 is 0. The quantitative estimate of drug-likeness (QED) is 0.334. The van der Waals surface area contributed by atoms with Gasteiger partial charge >= 0.3 is 0 Å². The van der Waals surface area contributed by atoms with Crippen molar-refractivity contribution in [3.63, 3.8) is 0 Å². The second-order valence-electron chi connectivity index (χ2n) is 5.49. The summed E-state index contributed by atoms with van der Waals surface area (Å²) in [7, 11) is 0. The van der Waals surface area contributed by atoms with E-state index in [0.29, 0.717) is 0 Å². The molecular formula is C17H34O. The van der Waals surface area contributed by atoms with Crippen LogP contribution in [-0.2, 0) is 0 Å². The highest BCUT2D eigenvalue weighted by molar-refractivity contribution is 4.85. The van der Waals surface area contributed by atoms with Gasteiger partial charge in [0.1, 0.15) is 0 Å². The van der Waals surface area contributed by atoms with E-state index in [-0.39, 0.29) is 6.10 Å². The molecule has 0 aromatic carbocycles. The van der Waals surface area contributed by atoms with Crippen LogP contribution < -0.4 is 0 Å². The fraction of sp³-hybridized carbons (Fsp3) is 0.882. The smallest absolute Gasteiger partial charge is 0.0692 e. The van der Waals surface area contributed by atoms with Crippen molar-refractivity contribution in [3.05, 3.63) is 12.2 Å². The Bertz CT molecular complexity index is 172. The Morgan fingerprint density at radius 1 is 0.778 bits per heavy atom. The van der Waals surface area contributed by atoms with Gasteiger partial charge in [0.05, 0.1) is 6.10 Å². The Morgan fingerprint density at radius 3 is 1.67 bits per heavy atom. The van der Waals surface area contributed by atoms with Gasteiger partial charge in [-0.3, -0.25) is 0 Å². The van der Waals surface area contributed by atoms with Gasteiger partial charge in [0.2, 0.25) is 0 Å². The van der Waals surface area contributed by atoms with Crippen LogP contribution in [0.4, 0.5) is 0 Å². The lowest BCUT2D eigenvalue weighted by atomic mass is 10.1. The van der Waals surface area contributed by atoms with E-state index in [9.17, 15) is 0 Å². The normalized spacial score (nSPS) is 13.3. The van der Waals surface area contributed by atoms with Crippen LogP contribution in [0.5, 0.6) is 0 Å². The number of allylic oxidation sites excluding steroid dienone is 1. The molecule has 0 aromatic heterocycles. The monoisotopic (exact) mass is 254 g/mol. The van der Waals surface area contributed by atoms with Crippen LogP contribution in [0.25, 0.3) is 0 Å². The highest BCUT2D eigenvalue weighted by atomic mass is 16.3. The Morgan fingerprint density at radius 2 is 1.22 bits per heavy atom.